The predicted octanol–water partition coefficient (Wildman–Crippen LogP) is 1.02. The summed E-state index contributed by atoms with van der Waals surface area (Å²) in [6.07, 6.45) is 5.23. The maximum atomic E-state index is 5.74. The zero-order valence-corrected chi connectivity index (χ0v) is 9.58. The zero-order chi connectivity index (χ0) is 11.4. The number of aromatic nitrogens is 3. The van der Waals surface area contributed by atoms with Crippen LogP contribution in [0.5, 0.6) is 0 Å². The lowest BCUT2D eigenvalue weighted by atomic mass is 10.4. The molecule has 1 N–H and O–H groups in total. The molecular weight excluding hydrogens is 214 g/mol. The largest absolute Gasteiger partial charge is 0.347 e. The van der Waals surface area contributed by atoms with E-state index in [9.17, 15) is 0 Å². The number of nitrogens with zero attached hydrogens (tertiary/aromatic N) is 4. The van der Waals surface area contributed by atoms with Crippen molar-refractivity contribution in [2.24, 2.45) is 0 Å². The Morgan fingerprint density at radius 3 is 2.60 bits per heavy atom. The highest BCUT2D eigenvalue weighted by atomic mass is 35.5. The Labute approximate surface area is 93.9 Å². The SMILES string of the molecule is C#CC(C)Nc1nc(Cl)nc(N(C)C)n1. The number of anilines is 2. The molecule has 0 saturated carbocycles. The number of hydrogen-bond acceptors (Lipinski definition) is 5. The van der Waals surface area contributed by atoms with E-state index in [4.69, 9.17) is 18.0 Å². The van der Waals surface area contributed by atoms with Crippen molar-refractivity contribution in [3.05, 3.63) is 5.28 Å². The molecular formula is C9H12ClN5. The normalized spacial score (nSPS) is 11.7. The lowest BCUT2D eigenvalue weighted by molar-refractivity contribution is 0.923. The van der Waals surface area contributed by atoms with Gasteiger partial charge in [0.15, 0.2) is 0 Å². The first kappa shape index (κ1) is 11.5. The molecule has 0 aliphatic rings. The smallest absolute Gasteiger partial charge is 0.230 e. The quantitative estimate of drug-likeness (QED) is 0.779. The van der Waals surface area contributed by atoms with Gasteiger partial charge in [-0.3, -0.25) is 0 Å². The third kappa shape index (κ3) is 3.26. The second-order valence-electron chi connectivity index (χ2n) is 3.16. The Hall–Kier alpha value is -1.54. The fourth-order valence-electron chi connectivity index (χ4n) is 0.839. The van der Waals surface area contributed by atoms with Crippen LogP contribution in [-0.2, 0) is 0 Å². The van der Waals surface area contributed by atoms with Crippen molar-refractivity contribution in [1.29, 1.82) is 0 Å². The van der Waals surface area contributed by atoms with Crippen LogP contribution in [0.2, 0.25) is 5.28 Å². The van der Waals surface area contributed by atoms with E-state index in [0.29, 0.717) is 11.9 Å². The van der Waals surface area contributed by atoms with Gasteiger partial charge in [0.1, 0.15) is 0 Å². The summed E-state index contributed by atoms with van der Waals surface area (Å²) in [6, 6.07) is -0.154. The summed E-state index contributed by atoms with van der Waals surface area (Å²) in [7, 11) is 3.64. The molecule has 15 heavy (non-hydrogen) atoms. The molecule has 80 valence electrons. The lowest BCUT2D eigenvalue weighted by Gasteiger charge is -2.12. The van der Waals surface area contributed by atoms with E-state index in [1.165, 1.54) is 0 Å². The van der Waals surface area contributed by atoms with Crippen LogP contribution in [0.15, 0.2) is 0 Å². The summed E-state index contributed by atoms with van der Waals surface area (Å²) in [5, 5.41) is 3.06. The number of nitrogens with one attached hydrogen (secondary N) is 1. The highest BCUT2D eigenvalue weighted by Gasteiger charge is 2.07. The summed E-state index contributed by atoms with van der Waals surface area (Å²) in [5.41, 5.74) is 0. The van der Waals surface area contributed by atoms with E-state index in [2.05, 4.69) is 26.2 Å². The van der Waals surface area contributed by atoms with Crippen molar-refractivity contribution < 1.29 is 0 Å². The van der Waals surface area contributed by atoms with Crippen molar-refractivity contribution in [1.82, 2.24) is 15.0 Å². The number of rotatable bonds is 3. The van der Waals surface area contributed by atoms with Crippen LogP contribution in [0.3, 0.4) is 0 Å². The van der Waals surface area contributed by atoms with Gasteiger partial charge in [-0.1, -0.05) is 5.92 Å². The van der Waals surface area contributed by atoms with E-state index in [1.807, 2.05) is 21.0 Å². The van der Waals surface area contributed by atoms with Crippen LogP contribution in [-0.4, -0.2) is 35.1 Å². The number of halogens is 1. The van der Waals surface area contributed by atoms with Crippen molar-refractivity contribution in [2.45, 2.75) is 13.0 Å². The molecule has 0 aliphatic heterocycles. The average molecular weight is 226 g/mol. The van der Waals surface area contributed by atoms with Gasteiger partial charge in [-0.25, -0.2) is 0 Å². The maximum absolute atomic E-state index is 5.74. The third-order valence-electron chi connectivity index (χ3n) is 1.59. The Balaban J connectivity index is 2.95. The second-order valence-corrected chi connectivity index (χ2v) is 3.49. The first-order valence-corrected chi connectivity index (χ1v) is 4.72. The molecule has 6 heteroatoms. The Morgan fingerprint density at radius 1 is 1.40 bits per heavy atom. The van der Waals surface area contributed by atoms with Gasteiger partial charge >= 0.3 is 0 Å². The Morgan fingerprint density at radius 2 is 2.07 bits per heavy atom. The molecule has 1 rings (SSSR count). The molecule has 0 radical (unpaired) electrons. The first-order chi connectivity index (χ1) is 7.02. The fourth-order valence-corrected chi connectivity index (χ4v) is 0.995. The molecule has 0 aromatic carbocycles. The zero-order valence-electron chi connectivity index (χ0n) is 8.82. The number of terminal acetylenes is 1. The summed E-state index contributed by atoms with van der Waals surface area (Å²) >= 11 is 5.74. The Kier molecular flexibility index (Phi) is 3.69. The van der Waals surface area contributed by atoms with Crippen molar-refractivity contribution in [3.8, 4) is 12.3 Å². The summed E-state index contributed by atoms with van der Waals surface area (Å²) < 4.78 is 0. The highest BCUT2D eigenvalue weighted by molar-refractivity contribution is 6.28. The maximum Gasteiger partial charge on any atom is 0.230 e. The molecule has 0 amide bonds. The van der Waals surface area contributed by atoms with Gasteiger partial charge in [0, 0.05) is 14.1 Å². The van der Waals surface area contributed by atoms with Crippen LogP contribution >= 0.6 is 11.6 Å². The van der Waals surface area contributed by atoms with Crippen molar-refractivity contribution >= 4 is 23.5 Å². The molecule has 1 heterocycles. The Bertz CT molecular complexity index is 385. The van der Waals surface area contributed by atoms with Crippen molar-refractivity contribution in [2.75, 3.05) is 24.3 Å². The van der Waals surface area contributed by atoms with Crippen LogP contribution < -0.4 is 10.2 Å². The highest BCUT2D eigenvalue weighted by Crippen LogP contribution is 2.11. The monoisotopic (exact) mass is 225 g/mol. The van der Waals surface area contributed by atoms with Gasteiger partial charge < -0.3 is 10.2 Å². The summed E-state index contributed by atoms with van der Waals surface area (Å²) in [4.78, 5) is 13.7. The van der Waals surface area contributed by atoms with E-state index in [-0.39, 0.29) is 11.3 Å². The van der Waals surface area contributed by atoms with Gasteiger partial charge in [-0.15, -0.1) is 6.42 Å². The molecule has 1 aromatic rings. The van der Waals surface area contributed by atoms with E-state index in [0.717, 1.165) is 0 Å². The minimum absolute atomic E-state index is 0.139. The van der Waals surface area contributed by atoms with Crippen LogP contribution in [0.4, 0.5) is 11.9 Å². The molecule has 1 aromatic heterocycles. The van der Waals surface area contributed by atoms with Gasteiger partial charge in [-0.05, 0) is 18.5 Å². The fraction of sp³-hybridized carbons (Fsp3) is 0.444. The van der Waals surface area contributed by atoms with Gasteiger partial charge in [0.05, 0.1) is 6.04 Å². The molecule has 1 unspecified atom stereocenters. The van der Waals surface area contributed by atoms with Crippen molar-refractivity contribution in [3.63, 3.8) is 0 Å². The van der Waals surface area contributed by atoms with Gasteiger partial charge in [0.25, 0.3) is 0 Å². The summed E-state index contributed by atoms with van der Waals surface area (Å²) in [6.45, 7) is 1.83. The molecule has 1 atom stereocenters. The molecule has 0 fully saturated rings. The molecule has 0 spiro atoms. The predicted molar refractivity (Wildman–Crippen MR) is 61.1 cm³/mol. The van der Waals surface area contributed by atoms with E-state index in [1.54, 1.807) is 4.90 Å². The third-order valence-corrected chi connectivity index (χ3v) is 1.76. The average Bonchev–Trinajstić information content (AvgIpc) is 2.16. The van der Waals surface area contributed by atoms with Crippen LogP contribution in [0.25, 0.3) is 0 Å². The molecule has 0 saturated heterocycles. The standard InChI is InChI=1S/C9H12ClN5/c1-5-6(2)11-8-12-7(10)13-9(14-8)15(3)4/h1,6H,2-4H3,(H,11,12,13,14). The topological polar surface area (TPSA) is 53.9 Å². The van der Waals surface area contributed by atoms with Gasteiger partial charge in [0.2, 0.25) is 17.2 Å². The van der Waals surface area contributed by atoms with E-state index < -0.39 is 0 Å². The second kappa shape index (κ2) is 4.80. The minimum atomic E-state index is -0.154. The summed E-state index contributed by atoms with van der Waals surface area (Å²) in [5.74, 6) is 3.38. The molecule has 5 nitrogen and oxygen atoms in total. The molecule has 0 bridgehead atoms. The number of hydrogen-bond donors (Lipinski definition) is 1. The van der Waals surface area contributed by atoms with Gasteiger partial charge in [-0.2, -0.15) is 15.0 Å². The lowest BCUT2D eigenvalue weighted by Crippen LogP contribution is -2.18. The van der Waals surface area contributed by atoms with Crippen LogP contribution in [0, 0.1) is 12.3 Å². The van der Waals surface area contributed by atoms with Crippen LogP contribution in [0.1, 0.15) is 6.92 Å². The molecule has 0 aliphatic carbocycles. The first-order valence-electron chi connectivity index (χ1n) is 4.34. The van der Waals surface area contributed by atoms with E-state index >= 15 is 0 Å². The minimum Gasteiger partial charge on any atom is -0.347 e.